The van der Waals surface area contributed by atoms with E-state index in [0.29, 0.717) is 11.3 Å². The number of aliphatic hydroxyl groups excluding tert-OH is 1. The summed E-state index contributed by atoms with van der Waals surface area (Å²) < 4.78 is 39.5. The molecule has 1 aromatic rings. The molecule has 0 radical (unpaired) electrons. The zero-order valence-electron chi connectivity index (χ0n) is 9.33. The lowest BCUT2D eigenvalue weighted by Crippen LogP contribution is -2.24. The monoisotopic (exact) mass is 263 g/mol. The molecule has 4 nitrogen and oxygen atoms in total. The Balaban J connectivity index is 2.45. The number of ether oxygens (including phenoxy) is 1. The molecule has 0 fully saturated rings. The summed E-state index contributed by atoms with van der Waals surface area (Å²) in [6.07, 6.45) is -4.46. The summed E-state index contributed by atoms with van der Waals surface area (Å²) in [5.74, 6) is -0.708. The second-order valence-electron chi connectivity index (χ2n) is 3.47. The molecule has 1 amide bonds. The Kier molecular flexibility index (Phi) is 5.11. The first kappa shape index (κ1) is 14.5. The van der Waals surface area contributed by atoms with Gasteiger partial charge in [0.25, 0.3) is 0 Å². The zero-order chi connectivity index (χ0) is 13.6. The topological polar surface area (TPSA) is 58.6 Å². The normalized spacial score (nSPS) is 11.3. The lowest BCUT2D eigenvalue weighted by molar-refractivity contribution is -0.174. The number of benzene rings is 1. The summed E-state index contributed by atoms with van der Waals surface area (Å²) in [4.78, 5) is 11.3. The van der Waals surface area contributed by atoms with Gasteiger partial charge in [-0.25, -0.2) is 0 Å². The highest BCUT2D eigenvalue weighted by atomic mass is 19.4. The number of alkyl halides is 3. The van der Waals surface area contributed by atoms with E-state index < -0.39 is 25.3 Å². The number of hydrogen-bond donors (Lipinski definition) is 2. The van der Waals surface area contributed by atoms with Crippen LogP contribution in [0.5, 0.6) is 0 Å². The molecule has 0 bridgehead atoms. The molecule has 0 aliphatic carbocycles. The van der Waals surface area contributed by atoms with E-state index in [4.69, 9.17) is 5.11 Å². The van der Waals surface area contributed by atoms with E-state index in [1.165, 1.54) is 6.07 Å². The van der Waals surface area contributed by atoms with E-state index in [2.05, 4.69) is 10.1 Å². The van der Waals surface area contributed by atoms with Gasteiger partial charge in [-0.2, -0.15) is 13.2 Å². The van der Waals surface area contributed by atoms with Gasteiger partial charge in [0.1, 0.15) is 13.2 Å². The number of carbonyl (C=O) groups is 1. The van der Waals surface area contributed by atoms with Crippen molar-refractivity contribution in [2.75, 3.05) is 18.5 Å². The van der Waals surface area contributed by atoms with Gasteiger partial charge in [0, 0.05) is 11.3 Å². The second kappa shape index (κ2) is 6.36. The van der Waals surface area contributed by atoms with Gasteiger partial charge < -0.3 is 15.2 Å². The lowest BCUT2D eigenvalue weighted by Gasteiger charge is -2.10. The Morgan fingerprint density at radius 2 is 2.00 bits per heavy atom. The van der Waals surface area contributed by atoms with Gasteiger partial charge in [0.2, 0.25) is 5.91 Å². The molecule has 1 aromatic carbocycles. The molecule has 0 aliphatic heterocycles. The summed E-state index contributed by atoms with van der Waals surface area (Å²) >= 11 is 0. The van der Waals surface area contributed by atoms with Crippen molar-refractivity contribution < 1.29 is 27.8 Å². The molecule has 1 rings (SSSR count). The molecule has 0 heterocycles. The highest BCUT2D eigenvalue weighted by Gasteiger charge is 2.27. The number of halogens is 3. The van der Waals surface area contributed by atoms with Gasteiger partial charge in [-0.05, 0) is 6.07 Å². The van der Waals surface area contributed by atoms with Gasteiger partial charge in [-0.1, -0.05) is 18.2 Å². The zero-order valence-corrected chi connectivity index (χ0v) is 9.33. The minimum atomic E-state index is -4.46. The predicted molar refractivity (Wildman–Crippen MR) is 57.9 cm³/mol. The Morgan fingerprint density at radius 3 is 2.61 bits per heavy atom. The van der Waals surface area contributed by atoms with E-state index >= 15 is 0 Å². The van der Waals surface area contributed by atoms with Crippen molar-refractivity contribution in [3.8, 4) is 0 Å². The number of anilines is 1. The largest absolute Gasteiger partial charge is 0.411 e. The van der Waals surface area contributed by atoms with Gasteiger partial charge in [-0.3, -0.25) is 4.79 Å². The molecule has 18 heavy (non-hydrogen) atoms. The van der Waals surface area contributed by atoms with Crippen molar-refractivity contribution in [1.29, 1.82) is 0 Å². The second-order valence-corrected chi connectivity index (χ2v) is 3.47. The van der Waals surface area contributed by atoms with E-state index in [1.54, 1.807) is 18.2 Å². The summed E-state index contributed by atoms with van der Waals surface area (Å²) in [7, 11) is 0. The van der Waals surface area contributed by atoms with Crippen molar-refractivity contribution in [3.05, 3.63) is 29.8 Å². The maximum atomic E-state index is 11.8. The fraction of sp³-hybridized carbons (Fsp3) is 0.364. The molecule has 2 N–H and O–H groups in total. The Labute approximate surface area is 101 Å². The quantitative estimate of drug-likeness (QED) is 0.850. The van der Waals surface area contributed by atoms with Gasteiger partial charge in [0.05, 0.1) is 6.61 Å². The van der Waals surface area contributed by atoms with Crippen LogP contribution in [-0.2, 0) is 16.1 Å². The third-order valence-corrected chi connectivity index (χ3v) is 1.96. The SMILES string of the molecule is O=C(COCC(F)(F)F)Nc1ccccc1CO. The average Bonchev–Trinajstić information content (AvgIpc) is 2.28. The van der Waals surface area contributed by atoms with Gasteiger partial charge >= 0.3 is 6.18 Å². The van der Waals surface area contributed by atoms with Crippen LogP contribution in [-0.4, -0.2) is 30.4 Å². The number of rotatable bonds is 5. The van der Waals surface area contributed by atoms with Crippen LogP contribution < -0.4 is 5.32 Å². The minimum Gasteiger partial charge on any atom is -0.392 e. The molecule has 100 valence electrons. The Hall–Kier alpha value is -1.60. The fourth-order valence-electron chi connectivity index (χ4n) is 1.23. The maximum absolute atomic E-state index is 11.8. The fourth-order valence-corrected chi connectivity index (χ4v) is 1.23. The van der Waals surface area contributed by atoms with Crippen LogP contribution in [0, 0.1) is 0 Å². The van der Waals surface area contributed by atoms with Crippen LogP contribution in [0.3, 0.4) is 0 Å². The van der Waals surface area contributed by atoms with Crippen molar-refractivity contribution in [2.45, 2.75) is 12.8 Å². The third kappa shape index (κ3) is 5.15. The van der Waals surface area contributed by atoms with Crippen molar-refractivity contribution >= 4 is 11.6 Å². The summed E-state index contributed by atoms with van der Waals surface area (Å²) in [6, 6.07) is 6.42. The Morgan fingerprint density at radius 1 is 1.33 bits per heavy atom. The molecule has 0 aromatic heterocycles. The van der Waals surface area contributed by atoms with Crippen molar-refractivity contribution in [2.24, 2.45) is 0 Å². The molecule has 7 heteroatoms. The predicted octanol–water partition coefficient (Wildman–Crippen LogP) is 1.70. The van der Waals surface area contributed by atoms with Crippen LogP contribution >= 0.6 is 0 Å². The highest BCUT2D eigenvalue weighted by Crippen LogP contribution is 2.16. The molecule has 0 atom stereocenters. The minimum absolute atomic E-state index is 0.278. The van der Waals surface area contributed by atoms with Crippen LogP contribution in [0.15, 0.2) is 24.3 Å². The van der Waals surface area contributed by atoms with E-state index in [9.17, 15) is 18.0 Å². The third-order valence-electron chi connectivity index (χ3n) is 1.96. The Bertz CT molecular complexity index is 407. The molecular formula is C11H12F3NO3. The molecule has 0 unspecified atom stereocenters. The number of amides is 1. The number of para-hydroxylation sites is 1. The van der Waals surface area contributed by atoms with Crippen LogP contribution in [0.4, 0.5) is 18.9 Å². The van der Waals surface area contributed by atoms with Gasteiger partial charge in [0.15, 0.2) is 0 Å². The molecule has 0 saturated heterocycles. The number of hydrogen-bond acceptors (Lipinski definition) is 3. The summed E-state index contributed by atoms with van der Waals surface area (Å²) in [5.41, 5.74) is 0.822. The average molecular weight is 263 g/mol. The highest BCUT2D eigenvalue weighted by molar-refractivity contribution is 5.92. The van der Waals surface area contributed by atoms with Crippen LogP contribution in [0.1, 0.15) is 5.56 Å². The first-order valence-corrected chi connectivity index (χ1v) is 5.05. The molecule has 0 spiro atoms. The van der Waals surface area contributed by atoms with Gasteiger partial charge in [-0.15, -0.1) is 0 Å². The van der Waals surface area contributed by atoms with E-state index in [1.807, 2.05) is 0 Å². The lowest BCUT2D eigenvalue weighted by atomic mass is 10.2. The standard InChI is InChI=1S/C11H12F3NO3/c12-11(13,14)7-18-6-10(17)15-9-4-2-1-3-8(9)5-16/h1-4,16H,5-7H2,(H,15,17). The molecule has 0 aliphatic rings. The van der Waals surface area contributed by atoms with Crippen molar-refractivity contribution in [1.82, 2.24) is 0 Å². The van der Waals surface area contributed by atoms with E-state index in [0.717, 1.165) is 0 Å². The molecule has 0 saturated carbocycles. The first-order chi connectivity index (χ1) is 8.42. The molecular weight excluding hydrogens is 251 g/mol. The number of nitrogens with one attached hydrogen (secondary N) is 1. The van der Waals surface area contributed by atoms with Crippen LogP contribution in [0.25, 0.3) is 0 Å². The van der Waals surface area contributed by atoms with Crippen LogP contribution in [0.2, 0.25) is 0 Å². The van der Waals surface area contributed by atoms with E-state index in [-0.39, 0.29) is 6.61 Å². The maximum Gasteiger partial charge on any atom is 0.411 e. The first-order valence-electron chi connectivity index (χ1n) is 5.05. The summed E-state index contributed by atoms with van der Waals surface area (Å²) in [5, 5.41) is 11.3. The smallest absolute Gasteiger partial charge is 0.392 e. The van der Waals surface area contributed by atoms with Crippen molar-refractivity contribution in [3.63, 3.8) is 0 Å². The number of carbonyl (C=O) groups excluding carboxylic acids is 1. The summed E-state index contributed by atoms with van der Waals surface area (Å²) in [6.45, 7) is -2.44. The number of aliphatic hydroxyl groups is 1.